The summed E-state index contributed by atoms with van der Waals surface area (Å²) in [5, 5.41) is 2.99. The predicted octanol–water partition coefficient (Wildman–Crippen LogP) is 4.16. The maximum atomic E-state index is 14.2. The lowest BCUT2D eigenvalue weighted by Gasteiger charge is -2.32. The number of piperidine rings is 1. The third-order valence-corrected chi connectivity index (χ3v) is 6.00. The number of ether oxygens (including phenoxy) is 3. The summed E-state index contributed by atoms with van der Waals surface area (Å²) in [6.45, 7) is 2.79. The van der Waals surface area contributed by atoms with E-state index in [4.69, 9.17) is 14.2 Å². The molecule has 3 rings (SSSR count). The van der Waals surface area contributed by atoms with Crippen LogP contribution < -0.4 is 19.5 Å². The van der Waals surface area contributed by atoms with Gasteiger partial charge in [0.15, 0.2) is 0 Å². The van der Waals surface area contributed by atoms with E-state index in [0.717, 1.165) is 37.9 Å². The second kappa shape index (κ2) is 11.7. The summed E-state index contributed by atoms with van der Waals surface area (Å²) in [5.74, 6) is 2.32. The zero-order chi connectivity index (χ0) is 22.9. The van der Waals surface area contributed by atoms with Gasteiger partial charge in [-0.15, -0.1) is 0 Å². The summed E-state index contributed by atoms with van der Waals surface area (Å²) in [4.78, 5) is 14.7. The van der Waals surface area contributed by atoms with Gasteiger partial charge in [0.25, 0.3) is 0 Å². The molecule has 1 heterocycles. The lowest BCUT2D eigenvalue weighted by Crippen LogP contribution is -2.35. The van der Waals surface area contributed by atoms with E-state index >= 15 is 0 Å². The summed E-state index contributed by atoms with van der Waals surface area (Å²) in [6.07, 6.45) is 3.45. The Morgan fingerprint density at radius 2 is 1.81 bits per heavy atom. The van der Waals surface area contributed by atoms with Gasteiger partial charge in [0.2, 0.25) is 5.91 Å². The fourth-order valence-electron chi connectivity index (χ4n) is 4.19. The van der Waals surface area contributed by atoms with Crippen molar-refractivity contribution in [2.24, 2.45) is 5.92 Å². The van der Waals surface area contributed by atoms with Crippen molar-refractivity contribution in [1.82, 2.24) is 10.2 Å². The van der Waals surface area contributed by atoms with Gasteiger partial charge in [0, 0.05) is 43.2 Å². The van der Waals surface area contributed by atoms with Crippen LogP contribution in [-0.4, -0.2) is 45.2 Å². The molecule has 2 aromatic rings. The number of methoxy groups -OCH3 is 3. The first-order valence-electron chi connectivity index (χ1n) is 11.0. The topological polar surface area (TPSA) is 60.0 Å². The fourth-order valence-corrected chi connectivity index (χ4v) is 4.19. The molecule has 0 unspecified atom stereocenters. The Bertz CT molecular complexity index is 906. The number of nitrogens with zero attached hydrogens (tertiary/aromatic N) is 1. The molecule has 0 aliphatic carbocycles. The number of benzene rings is 2. The number of hydrogen-bond acceptors (Lipinski definition) is 5. The summed E-state index contributed by atoms with van der Waals surface area (Å²) < 4.78 is 30.0. The quantitative estimate of drug-likeness (QED) is 0.596. The first-order chi connectivity index (χ1) is 15.5. The molecular formula is C25H33FN2O4. The van der Waals surface area contributed by atoms with Crippen LogP contribution in [0, 0.1) is 11.7 Å². The van der Waals surface area contributed by atoms with Crippen molar-refractivity contribution >= 4 is 5.91 Å². The van der Waals surface area contributed by atoms with E-state index in [1.165, 1.54) is 6.07 Å². The van der Waals surface area contributed by atoms with Crippen molar-refractivity contribution in [3.8, 4) is 17.2 Å². The molecule has 0 aromatic heterocycles. The smallest absolute Gasteiger partial charge is 0.220 e. The summed E-state index contributed by atoms with van der Waals surface area (Å²) >= 11 is 0. The molecule has 7 heteroatoms. The van der Waals surface area contributed by atoms with Crippen LogP contribution in [0.2, 0.25) is 0 Å². The Balaban J connectivity index is 1.46. The van der Waals surface area contributed by atoms with E-state index < -0.39 is 0 Å². The lowest BCUT2D eigenvalue weighted by atomic mass is 9.93. The van der Waals surface area contributed by atoms with Crippen LogP contribution in [0.15, 0.2) is 36.4 Å². The molecule has 1 aliphatic heterocycles. The summed E-state index contributed by atoms with van der Waals surface area (Å²) in [7, 11) is 4.80. The number of carbonyl (C=O) groups excluding carboxylic acids is 1. The highest BCUT2D eigenvalue weighted by Gasteiger charge is 2.22. The molecule has 0 spiro atoms. The highest BCUT2D eigenvalue weighted by Crippen LogP contribution is 2.26. The molecule has 1 amide bonds. The van der Waals surface area contributed by atoms with E-state index in [0.29, 0.717) is 48.2 Å². The van der Waals surface area contributed by atoms with Crippen molar-refractivity contribution < 1.29 is 23.4 Å². The molecule has 0 radical (unpaired) electrons. The Kier molecular flexibility index (Phi) is 8.73. The van der Waals surface area contributed by atoms with E-state index in [1.54, 1.807) is 33.5 Å². The SMILES string of the molecule is COc1ccc(F)c(CN2CCC[C@H](CCC(=O)NCc3ccc(OC)cc3OC)C2)c1. The average molecular weight is 445 g/mol. The van der Waals surface area contributed by atoms with Crippen molar-refractivity contribution in [2.75, 3.05) is 34.4 Å². The molecule has 6 nitrogen and oxygen atoms in total. The maximum Gasteiger partial charge on any atom is 0.220 e. The third kappa shape index (κ3) is 6.60. The minimum absolute atomic E-state index is 0.0267. The Hall–Kier alpha value is -2.80. The van der Waals surface area contributed by atoms with Gasteiger partial charge >= 0.3 is 0 Å². The van der Waals surface area contributed by atoms with Gasteiger partial charge in [-0.25, -0.2) is 4.39 Å². The Labute approximate surface area is 189 Å². The normalized spacial score (nSPS) is 16.4. The first-order valence-corrected chi connectivity index (χ1v) is 11.0. The molecule has 0 bridgehead atoms. The van der Waals surface area contributed by atoms with Crippen molar-refractivity contribution in [2.45, 2.75) is 38.8 Å². The molecule has 2 aromatic carbocycles. The van der Waals surface area contributed by atoms with Gasteiger partial charge in [0.1, 0.15) is 23.1 Å². The Morgan fingerprint density at radius 3 is 2.56 bits per heavy atom. The number of rotatable bonds is 10. The number of hydrogen-bond donors (Lipinski definition) is 1. The highest BCUT2D eigenvalue weighted by atomic mass is 19.1. The first kappa shape index (κ1) is 23.9. The van der Waals surface area contributed by atoms with Gasteiger partial charge in [-0.1, -0.05) is 0 Å². The zero-order valence-corrected chi connectivity index (χ0v) is 19.2. The Morgan fingerprint density at radius 1 is 1.06 bits per heavy atom. The van der Waals surface area contributed by atoms with Gasteiger partial charge in [-0.2, -0.15) is 0 Å². The lowest BCUT2D eigenvalue weighted by molar-refractivity contribution is -0.121. The second-order valence-electron chi connectivity index (χ2n) is 8.19. The molecule has 1 fully saturated rings. The van der Waals surface area contributed by atoms with Gasteiger partial charge in [-0.05, 0) is 62.1 Å². The fraction of sp³-hybridized carbons (Fsp3) is 0.480. The number of amides is 1. The molecule has 0 saturated carbocycles. The monoisotopic (exact) mass is 444 g/mol. The van der Waals surface area contributed by atoms with Crippen molar-refractivity contribution in [1.29, 1.82) is 0 Å². The third-order valence-electron chi connectivity index (χ3n) is 6.00. The number of carbonyl (C=O) groups is 1. The summed E-state index contributed by atoms with van der Waals surface area (Å²) in [5.41, 5.74) is 1.56. The van der Waals surface area contributed by atoms with Crippen LogP contribution in [0.25, 0.3) is 0 Å². The van der Waals surface area contributed by atoms with Gasteiger partial charge < -0.3 is 19.5 Å². The maximum absolute atomic E-state index is 14.2. The minimum Gasteiger partial charge on any atom is -0.497 e. The molecule has 1 aliphatic rings. The molecular weight excluding hydrogens is 411 g/mol. The van der Waals surface area contributed by atoms with Crippen LogP contribution in [0.1, 0.15) is 36.8 Å². The van der Waals surface area contributed by atoms with E-state index in [2.05, 4.69) is 10.2 Å². The second-order valence-corrected chi connectivity index (χ2v) is 8.19. The number of halogens is 1. The average Bonchev–Trinajstić information content (AvgIpc) is 2.83. The van der Waals surface area contributed by atoms with Gasteiger partial charge in [0.05, 0.1) is 21.3 Å². The standard InChI is InChI=1S/C25H33FN2O4/c1-30-21-9-10-23(26)20(13-21)17-28-12-4-5-18(16-28)6-11-25(29)27-15-19-7-8-22(31-2)14-24(19)32-3/h7-10,13-14,18H,4-6,11-12,15-17H2,1-3H3,(H,27,29)/t18-/m1/s1. The van der Waals surface area contributed by atoms with E-state index in [9.17, 15) is 9.18 Å². The molecule has 1 saturated heterocycles. The van der Waals surface area contributed by atoms with Crippen LogP contribution in [0.5, 0.6) is 17.2 Å². The number of nitrogens with one attached hydrogen (secondary N) is 1. The van der Waals surface area contributed by atoms with Crippen molar-refractivity contribution in [3.05, 3.63) is 53.3 Å². The highest BCUT2D eigenvalue weighted by molar-refractivity contribution is 5.75. The van der Waals surface area contributed by atoms with Crippen LogP contribution in [-0.2, 0) is 17.9 Å². The predicted molar refractivity (Wildman–Crippen MR) is 122 cm³/mol. The van der Waals surface area contributed by atoms with Crippen LogP contribution >= 0.6 is 0 Å². The molecule has 1 atom stereocenters. The number of likely N-dealkylation sites (tertiary alicyclic amines) is 1. The molecule has 32 heavy (non-hydrogen) atoms. The molecule has 174 valence electrons. The van der Waals surface area contributed by atoms with Crippen LogP contribution in [0.3, 0.4) is 0 Å². The van der Waals surface area contributed by atoms with Crippen LogP contribution in [0.4, 0.5) is 4.39 Å². The zero-order valence-electron chi connectivity index (χ0n) is 19.2. The largest absolute Gasteiger partial charge is 0.497 e. The minimum atomic E-state index is -0.207. The van der Waals surface area contributed by atoms with Crippen molar-refractivity contribution in [3.63, 3.8) is 0 Å². The summed E-state index contributed by atoms with van der Waals surface area (Å²) in [6, 6.07) is 10.4. The van der Waals surface area contributed by atoms with Gasteiger partial charge in [-0.3, -0.25) is 9.69 Å². The van der Waals surface area contributed by atoms with E-state index in [1.807, 2.05) is 18.2 Å². The molecule has 1 N–H and O–H groups in total. The van der Waals surface area contributed by atoms with E-state index in [-0.39, 0.29) is 11.7 Å².